The van der Waals surface area contributed by atoms with Gasteiger partial charge in [-0.2, -0.15) is 0 Å². The summed E-state index contributed by atoms with van der Waals surface area (Å²) in [5.41, 5.74) is 2.32. The van der Waals surface area contributed by atoms with Crippen molar-refractivity contribution < 1.29 is 14.6 Å². The summed E-state index contributed by atoms with van der Waals surface area (Å²) in [6, 6.07) is 6.07. The number of ether oxygens (including phenoxy) is 1. The Balaban J connectivity index is 2.65. The molecule has 19 heavy (non-hydrogen) atoms. The lowest BCUT2D eigenvalue weighted by molar-refractivity contribution is -0.128. The summed E-state index contributed by atoms with van der Waals surface area (Å²) in [6.45, 7) is 6.22. The van der Waals surface area contributed by atoms with Crippen LogP contribution in [0.25, 0.3) is 0 Å². The average Bonchev–Trinajstić information content (AvgIpc) is 2.38. The zero-order valence-corrected chi connectivity index (χ0v) is 12.1. The van der Waals surface area contributed by atoms with Gasteiger partial charge in [0.15, 0.2) is 0 Å². The van der Waals surface area contributed by atoms with Gasteiger partial charge in [-0.3, -0.25) is 4.79 Å². The molecule has 0 aliphatic heterocycles. The molecule has 0 aliphatic carbocycles. The molecular formula is C15H23NO3. The van der Waals surface area contributed by atoms with Crippen molar-refractivity contribution in [3.8, 4) is 5.75 Å². The number of hydrogen-bond donors (Lipinski definition) is 2. The van der Waals surface area contributed by atoms with E-state index in [1.165, 1.54) is 12.5 Å². The van der Waals surface area contributed by atoms with E-state index in [9.17, 15) is 4.79 Å². The summed E-state index contributed by atoms with van der Waals surface area (Å²) in [7, 11) is 1.67. The summed E-state index contributed by atoms with van der Waals surface area (Å²) in [4.78, 5) is 11.2. The standard InChI is InChI=1S/C15H23NO3/c1-10(2)13-9-12(5-6-14(13)19-4)7-8-16-15(18)11(3)17/h5-6,9-11,17H,7-8H2,1-4H3,(H,16,18). The summed E-state index contributed by atoms with van der Waals surface area (Å²) < 4.78 is 5.33. The molecule has 0 spiro atoms. The predicted molar refractivity (Wildman–Crippen MR) is 75.5 cm³/mol. The fourth-order valence-corrected chi connectivity index (χ4v) is 1.87. The highest BCUT2D eigenvalue weighted by Crippen LogP contribution is 2.27. The molecule has 0 saturated carbocycles. The van der Waals surface area contributed by atoms with Gasteiger partial charge in [0.25, 0.3) is 0 Å². The molecule has 0 aromatic heterocycles. The van der Waals surface area contributed by atoms with Crippen LogP contribution in [0.15, 0.2) is 18.2 Å². The van der Waals surface area contributed by atoms with Gasteiger partial charge in [-0.25, -0.2) is 0 Å². The van der Waals surface area contributed by atoms with Gasteiger partial charge in [-0.15, -0.1) is 0 Å². The predicted octanol–water partition coefficient (Wildman–Crippen LogP) is 1.86. The van der Waals surface area contributed by atoms with Gasteiger partial charge in [0, 0.05) is 6.54 Å². The molecule has 1 rings (SSSR count). The highest BCUT2D eigenvalue weighted by Gasteiger charge is 2.10. The fourth-order valence-electron chi connectivity index (χ4n) is 1.87. The normalized spacial score (nSPS) is 12.3. The van der Waals surface area contributed by atoms with Crippen LogP contribution in [0.1, 0.15) is 37.8 Å². The van der Waals surface area contributed by atoms with Crippen molar-refractivity contribution in [2.45, 2.75) is 39.2 Å². The zero-order chi connectivity index (χ0) is 14.4. The molecular weight excluding hydrogens is 242 g/mol. The Morgan fingerprint density at radius 1 is 1.37 bits per heavy atom. The van der Waals surface area contributed by atoms with Crippen LogP contribution < -0.4 is 10.1 Å². The van der Waals surface area contributed by atoms with Crippen molar-refractivity contribution >= 4 is 5.91 Å². The molecule has 1 amide bonds. The van der Waals surface area contributed by atoms with E-state index >= 15 is 0 Å². The minimum atomic E-state index is -0.956. The number of methoxy groups -OCH3 is 1. The van der Waals surface area contributed by atoms with Gasteiger partial charge in [0.1, 0.15) is 11.9 Å². The third-order valence-corrected chi connectivity index (χ3v) is 3.01. The monoisotopic (exact) mass is 265 g/mol. The lowest BCUT2D eigenvalue weighted by Gasteiger charge is -2.14. The van der Waals surface area contributed by atoms with Gasteiger partial charge in [-0.05, 0) is 36.5 Å². The van der Waals surface area contributed by atoms with Gasteiger partial charge < -0.3 is 15.2 Å². The first-order valence-electron chi connectivity index (χ1n) is 6.58. The summed E-state index contributed by atoms with van der Waals surface area (Å²) in [6.07, 6.45) is -0.218. The third-order valence-electron chi connectivity index (χ3n) is 3.01. The maximum Gasteiger partial charge on any atom is 0.248 e. The molecule has 1 atom stereocenters. The van der Waals surface area contributed by atoms with Crippen LogP contribution in [0, 0.1) is 0 Å². The Bertz CT molecular complexity index is 427. The molecule has 0 fully saturated rings. The first-order valence-corrected chi connectivity index (χ1v) is 6.58. The molecule has 4 heteroatoms. The van der Waals surface area contributed by atoms with E-state index < -0.39 is 6.10 Å². The van der Waals surface area contributed by atoms with Crippen LogP contribution in [0.5, 0.6) is 5.75 Å². The highest BCUT2D eigenvalue weighted by molar-refractivity contribution is 5.79. The second-order valence-corrected chi connectivity index (χ2v) is 4.95. The molecule has 0 heterocycles. The fraction of sp³-hybridized carbons (Fsp3) is 0.533. The maximum atomic E-state index is 11.2. The average molecular weight is 265 g/mol. The molecule has 1 unspecified atom stereocenters. The molecule has 1 aromatic carbocycles. The Kier molecular flexibility index (Phi) is 5.83. The van der Waals surface area contributed by atoms with Crippen LogP contribution in [0.4, 0.5) is 0 Å². The number of aliphatic hydroxyl groups excluding tert-OH is 1. The second kappa shape index (κ2) is 7.14. The molecule has 0 saturated heterocycles. The summed E-state index contributed by atoms with van der Waals surface area (Å²) in [5.74, 6) is 0.950. The molecule has 0 radical (unpaired) electrons. The SMILES string of the molecule is COc1ccc(CCNC(=O)C(C)O)cc1C(C)C. The first kappa shape index (κ1) is 15.5. The number of carbonyl (C=O) groups is 1. The van der Waals surface area contributed by atoms with Gasteiger partial charge >= 0.3 is 0 Å². The quantitative estimate of drug-likeness (QED) is 0.825. The molecule has 0 bridgehead atoms. The van der Waals surface area contributed by atoms with Gasteiger partial charge in [0.2, 0.25) is 5.91 Å². The van der Waals surface area contributed by atoms with Gasteiger partial charge in [-0.1, -0.05) is 26.0 Å². The van der Waals surface area contributed by atoms with Crippen LogP contribution in [0.2, 0.25) is 0 Å². The van der Waals surface area contributed by atoms with Crippen LogP contribution in [-0.4, -0.2) is 30.8 Å². The van der Waals surface area contributed by atoms with E-state index in [0.29, 0.717) is 12.5 Å². The van der Waals surface area contributed by atoms with Gasteiger partial charge in [0.05, 0.1) is 7.11 Å². The van der Waals surface area contributed by atoms with Crippen molar-refractivity contribution in [2.75, 3.05) is 13.7 Å². The van der Waals surface area contributed by atoms with Crippen LogP contribution in [-0.2, 0) is 11.2 Å². The van der Waals surface area contributed by atoms with Crippen LogP contribution >= 0.6 is 0 Å². The molecule has 4 nitrogen and oxygen atoms in total. The number of rotatable bonds is 6. The van der Waals surface area contributed by atoms with E-state index in [2.05, 4.69) is 25.2 Å². The molecule has 1 aromatic rings. The van der Waals surface area contributed by atoms with Crippen molar-refractivity contribution in [3.05, 3.63) is 29.3 Å². The van der Waals surface area contributed by atoms with E-state index in [4.69, 9.17) is 9.84 Å². The van der Waals surface area contributed by atoms with Crippen molar-refractivity contribution in [2.24, 2.45) is 0 Å². The molecule has 2 N–H and O–H groups in total. The molecule has 106 valence electrons. The van der Waals surface area contributed by atoms with E-state index in [1.807, 2.05) is 12.1 Å². The number of aliphatic hydroxyl groups is 1. The molecule has 0 aliphatic rings. The number of nitrogens with one attached hydrogen (secondary N) is 1. The minimum Gasteiger partial charge on any atom is -0.496 e. The topological polar surface area (TPSA) is 58.6 Å². The number of amides is 1. The van der Waals surface area contributed by atoms with Crippen molar-refractivity contribution in [1.29, 1.82) is 0 Å². The first-order chi connectivity index (χ1) is 8.95. The zero-order valence-electron chi connectivity index (χ0n) is 12.1. The Morgan fingerprint density at radius 3 is 2.58 bits per heavy atom. The Morgan fingerprint density at radius 2 is 2.05 bits per heavy atom. The summed E-state index contributed by atoms with van der Waals surface area (Å²) >= 11 is 0. The van der Waals surface area contributed by atoms with E-state index in [-0.39, 0.29) is 5.91 Å². The lowest BCUT2D eigenvalue weighted by atomic mass is 9.98. The smallest absolute Gasteiger partial charge is 0.248 e. The third kappa shape index (κ3) is 4.56. The van der Waals surface area contributed by atoms with Crippen LogP contribution in [0.3, 0.4) is 0 Å². The maximum absolute atomic E-state index is 11.2. The van der Waals surface area contributed by atoms with Crippen molar-refractivity contribution in [3.63, 3.8) is 0 Å². The number of benzene rings is 1. The largest absolute Gasteiger partial charge is 0.496 e. The van der Waals surface area contributed by atoms with Crippen molar-refractivity contribution in [1.82, 2.24) is 5.32 Å². The number of hydrogen-bond acceptors (Lipinski definition) is 3. The Hall–Kier alpha value is -1.55. The highest BCUT2D eigenvalue weighted by atomic mass is 16.5. The van der Waals surface area contributed by atoms with E-state index in [1.54, 1.807) is 7.11 Å². The van der Waals surface area contributed by atoms with E-state index in [0.717, 1.165) is 17.7 Å². The Labute approximate surface area is 114 Å². The summed E-state index contributed by atoms with van der Waals surface area (Å²) in [5, 5.41) is 11.8. The number of carbonyl (C=O) groups excluding carboxylic acids is 1. The minimum absolute atomic E-state index is 0.336. The second-order valence-electron chi connectivity index (χ2n) is 4.95. The lowest BCUT2D eigenvalue weighted by Crippen LogP contribution is -2.33.